The third-order valence-electron chi connectivity index (χ3n) is 2.44. The Kier molecular flexibility index (Phi) is 8.52. The average molecular weight is 703 g/mol. The van der Waals surface area contributed by atoms with Crippen molar-refractivity contribution in [1.82, 2.24) is 0 Å². The second-order valence-corrected chi connectivity index (χ2v) is 8.67. The van der Waals surface area contributed by atoms with E-state index in [1.54, 1.807) is 12.1 Å². The van der Waals surface area contributed by atoms with Crippen molar-refractivity contribution in [3.63, 3.8) is 0 Å². The predicted octanol–water partition coefficient (Wildman–Crippen LogP) is 6.43. The van der Waals surface area contributed by atoms with Crippen LogP contribution in [0.5, 0.6) is 0 Å². The zero-order chi connectivity index (χ0) is 18.6. The Morgan fingerprint density at radius 3 is 1.71 bits per heavy atom. The van der Waals surface area contributed by atoms with Crippen LogP contribution in [0.15, 0.2) is 42.2 Å². The van der Waals surface area contributed by atoms with Gasteiger partial charge in [0.15, 0.2) is 0 Å². The van der Waals surface area contributed by atoms with Crippen LogP contribution in [0.25, 0.3) is 0 Å². The maximum absolute atomic E-state index is 10.5. The van der Waals surface area contributed by atoms with Crippen LogP contribution in [-0.2, 0) is 0 Å². The summed E-state index contributed by atoms with van der Waals surface area (Å²) in [6.45, 7) is 0. The number of nitrogens with zero attached hydrogens (tertiary/aromatic N) is 2. The molecule has 2 aromatic rings. The summed E-state index contributed by atoms with van der Waals surface area (Å²) in [7, 11) is 0. The second kappa shape index (κ2) is 9.40. The zero-order valence-electron chi connectivity index (χ0n) is 11.3. The Morgan fingerprint density at radius 1 is 0.833 bits per heavy atom. The molecule has 128 valence electrons. The van der Waals surface area contributed by atoms with E-state index in [-0.39, 0.29) is 17.1 Å². The highest BCUT2D eigenvalue weighted by Crippen LogP contribution is 2.33. The van der Waals surface area contributed by atoms with E-state index in [9.17, 15) is 20.2 Å². The molecule has 0 atom stereocenters. The van der Waals surface area contributed by atoms with E-state index in [1.807, 2.05) is 22.6 Å². The summed E-state index contributed by atoms with van der Waals surface area (Å²) in [4.78, 5) is 20.0. The minimum atomic E-state index is -0.523. The molecular weight excluding hydrogens is 697 g/mol. The number of benzene rings is 2. The molecule has 0 fully saturated rings. The van der Waals surface area contributed by atoms with Crippen LogP contribution < -0.4 is 5.73 Å². The largest absolute Gasteiger partial charge is 0.392 e. The number of halogens is 5. The van der Waals surface area contributed by atoms with Gasteiger partial charge in [-0.1, -0.05) is 31.9 Å². The van der Waals surface area contributed by atoms with Crippen molar-refractivity contribution < 1.29 is 9.85 Å². The van der Waals surface area contributed by atoms with Crippen molar-refractivity contribution >= 4 is 103 Å². The van der Waals surface area contributed by atoms with E-state index in [0.717, 1.165) is 4.47 Å². The van der Waals surface area contributed by atoms with Gasteiger partial charge in [-0.3, -0.25) is 20.2 Å². The van der Waals surface area contributed by atoms with Crippen molar-refractivity contribution in [3.05, 3.63) is 66.0 Å². The normalized spacial score (nSPS) is 9.88. The fourth-order valence-corrected chi connectivity index (χ4v) is 4.31. The Bertz CT molecular complexity index is 752. The molecule has 0 bridgehead atoms. The second-order valence-electron chi connectivity index (χ2n) is 4.06. The lowest BCUT2D eigenvalue weighted by Gasteiger charge is -1.99. The van der Waals surface area contributed by atoms with Crippen molar-refractivity contribution in [2.75, 3.05) is 5.73 Å². The summed E-state index contributed by atoms with van der Waals surface area (Å²) in [6, 6.07) is 6.27. The van der Waals surface area contributed by atoms with Gasteiger partial charge in [0.1, 0.15) is 9.26 Å². The molecule has 0 saturated heterocycles. The number of nitrogen functional groups attached to an aromatic ring is 1. The predicted molar refractivity (Wildman–Crippen MR) is 114 cm³/mol. The van der Waals surface area contributed by atoms with Gasteiger partial charge < -0.3 is 5.73 Å². The zero-order valence-corrected chi connectivity index (χ0v) is 19.8. The van der Waals surface area contributed by atoms with E-state index in [2.05, 4.69) is 63.7 Å². The summed E-state index contributed by atoms with van der Waals surface area (Å²) >= 11 is 14.6. The minimum absolute atomic E-state index is 0.101. The lowest BCUT2D eigenvalue weighted by molar-refractivity contribution is -0.385. The number of anilines is 1. The number of nitro groups is 2. The SMILES string of the molecule is Nc1c(Br)cc(Br)cc1[N+](=O)[O-].O=[N+]([O-])c1cc(Br)cc(Br)c1I. The number of rotatable bonds is 2. The van der Waals surface area contributed by atoms with E-state index >= 15 is 0 Å². The van der Waals surface area contributed by atoms with Gasteiger partial charge in [-0.25, -0.2) is 0 Å². The molecule has 12 heteroatoms. The van der Waals surface area contributed by atoms with E-state index in [0.29, 0.717) is 17.0 Å². The van der Waals surface area contributed by atoms with Crippen LogP contribution in [0.2, 0.25) is 0 Å². The van der Waals surface area contributed by atoms with Crippen LogP contribution >= 0.6 is 86.3 Å². The molecule has 0 saturated carbocycles. The molecule has 0 aliphatic rings. The van der Waals surface area contributed by atoms with E-state index in [1.165, 1.54) is 12.1 Å². The van der Waals surface area contributed by atoms with Crippen LogP contribution in [0.4, 0.5) is 17.1 Å². The first-order valence-corrected chi connectivity index (χ1v) is 9.97. The van der Waals surface area contributed by atoms with E-state index < -0.39 is 9.85 Å². The molecule has 0 aromatic heterocycles. The third kappa shape index (κ3) is 5.89. The molecule has 24 heavy (non-hydrogen) atoms. The molecule has 0 aliphatic carbocycles. The Balaban J connectivity index is 0.000000240. The van der Waals surface area contributed by atoms with Crippen molar-refractivity contribution in [2.45, 2.75) is 0 Å². The van der Waals surface area contributed by atoms with Crippen LogP contribution in [0, 0.1) is 23.8 Å². The third-order valence-corrected chi connectivity index (χ3v) is 6.51. The van der Waals surface area contributed by atoms with Gasteiger partial charge in [0.05, 0.1) is 9.85 Å². The number of nitro benzene ring substituents is 2. The van der Waals surface area contributed by atoms with Crippen LogP contribution in [-0.4, -0.2) is 9.85 Å². The van der Waals surface area contributed by atoms with Gasteiger partial charge in [0, 0.05) is 30.0 Å². The standard InChI is InChI=1S/C6H2Br2INO2.C6H4Br2N2O2/c2*7-3-1-4(8)6(9)5(2-3)10(11)12/h1-2H;1-2H,9H2. The monoisotopic (exact) mass is 699 g/mol. The summed E-state index contributed by atoms with van der Waals surface area (Å²) in [5, 5.41) is 20.9. The Morgan fingerprint density at radius 2 is 1.25 bits per heavy atom. The van der Waals surface area contributed by atoms with Crippen LogP contribution in [0.3, 0.4) is 0 Å². The number of hydrogen-bond acceptors (Lipinski definition) is 5. The molecule has 2 N–H and O–H groups in total. The summed E-state index contributed by atoms with van der Waals surface area (Å²) < 4.78 is 3.17. The topological polar surface area (TPSA) is 112 Å². The maximum Gasteiger partial charge on any atom is 0.294 e. The van der Waals surface area contributed by atoms with Crippen LogP contribution in [0.1, 0.15) is 0 Å². The van der Waals surface area contributed by atoms with Crippen molar-refractivity contribution in [3.8, 4) is 0 Å². The van der Waals surface area contributed by atoms with Gasteiger partial charge in [-0.2, -0.15) is 0 Å². The van der Waals surface area contributed by atoms with Gasteiger partial charge in [0.2, 0.25) is 0 Å². The fourth-order valence-electron chi connectivity index (χ4n) is 1.40. The summed E-state index contributed by atoms with van der Waals surface area (Å²) in [5.74, 6) is 0. The Labute approximate surface area is 183 Å². The molecule has 2 rings (SSSR count). The molecule has 0 aliphatic heterocycles. The average Bonchev–Trinajstić information content (AvgIpc) is 2.46. The van der Waals surface area contributed by atoms with Gasteiger partial charge >= 0.3 is 0 Å². The summed E-state index contributed by atoms with van der Waals surface area (Å²) in [5.41, 5.74) is 5.59. The first kappa shape index (κ1) is 21.7. The molecule has 0 spiro atoms. The smallest absolute Gasteiger partial charge is 0.294 e. The molecular formula is C12H6Br4IN3O4. The lowest BCUT2D eigenvalue weighted by atomic mass is 10.3. The first-order valence-electron chi connectivity index (χ1n) is 5.72. The molecule has 0 amide bonds. The molecule has 2 aromatic carbocycles. The van der Waals surface area contributed by atoms with E-state index in [4.69, 9.17) is 5.73 Å². The molecule has 0 heterocycles. The Hall–Kier alpha value is -0.310. The van der Waals surface area contributed by atoms with Gasteiger partial charge in [0.25, 0.3) is 11.4 Å². The molecule has 0 radical (unpaired) electrons. The highest BCUT2D eigenvalue weighted by atomic mass is 127. The molecule has 0 unspecified atom stereocenters. The molecule has 7 nitrogen and oxygen atoms in total. The quantitative estimate of drug-likeness (QED) is 0.128. The number of nitrogens with two attached hydrogens (primary N) is 1. The van der Waals surface area contributed by atoms with Gasteiger partial charge in [-0.15, -0.1) is 0 Å². The van der Waals surface area contributed by atoms with Gasteiger partial charge in [-0.05, 0) is 66.6 Å². The maximum atomic E-state index is 10.5. The lowest BCUT2D eigenvalue weighted by Crippen LogP contribution is -1.96. The van der Waals surface area contributed by atoms with Crippen molar-refractivity contribution in [2.24, 2.45) is 0 Å². The number of hydrogen-bond donors (Lipinski definition) is 1. The summed E-state index contributed by atoms with van der Waals surface area (Å²) in [6.07, 6.45) is 0. The minimum Gasteiger partial charge on any atom is -0.392 e. The fraction of sp³-hybridized carbons (Fsp3) is 0. The van der Waals surface area contributed by atoms with Crippen molar-refractivity contribution in [1.29, 1.82) is 0 Å². The highest BCUT2D eigenvalue weighted by Gasteiger charge is 2.15. The first-order chi connectivity index (χ1) is 11.0. The highest BCUT2D eigenvalue weighted by molar-refractivity contribution is 14.1.